The highest BCUT2D eigenvalue weighted by Gasteiger charge is 2.27. The molecule has 5 rings (SSSR count). The molecule has 0 saturated carbocycles. The highest BCUT2D eigenvalue weighted by molar-refractivity contribution is 7.92. The van der Waals surface area contributed by atoms with Crippen molar-refractivity contribution in [3.63, 3.8) is 0 Å². The summed E-state index contributed by atoms with van der Waals surface area (Å²) in [6.07, 6.45) is 2.98. The fourth-order valence-corrected chi connectivity index (χ4v) is 6.64. The van der Waals surface area contributed by atoms with Crippen molar-refractivity contribution in [1.82, 2.24) is 5.32 Å². The third kappa shape index (κ3) is 5.47. The second-order valence-electron chi connectivity index (χ2n) is 9.57. The topological polar surface area (TPSA) is 66.5 Å². The number of rotatable bonds is 7. The van der Waals surface area contributed by atoms with Crippen LogP contribution in [0.1, 0.15) is 51.5 Å². The second kappa shape index (κ2) is 11.0. The standard InChI is InChI=1S/C31H29ClN2O3S/c1-22-14-19-26(32)20-30(22)34(38(36,37)27-10-3-2-4-11-27)21-23-15-17-25(18-16-23)31(35)33-29-13-7-9-24-8-5-6-12-28(24)29/h2-6,8,10-12,14-20,29H,7,9,13,21H2,1H3,(H,33,35)/t29-/m1/s1. The van der Waals surface area contributed by atoms with Gasteiger partial charge in [-0.15, -0.1) is 0 Å². The van der Waals surface area contributed by atoms with E-state index >= 15 is 0 Å². The number of hydrogen-bond donors (Lipinski definition) is 1. The average Bonchev–Trinajstić information content (AvgIpc) is 2.94. The molecule has 4 aromatic carbocycles. The summed E-state index contributed by atoms with van der Waals surface area (Å²) in [6, 6.07) is 28.9. The van der Waals surface area contributed by atoms with Crippen molar-refractivity contribution in [1.29, 1.82) is 0 Å². The van der Waals surface area contributed by atoms with E-state index in [1.54, 1.807) is 66.7 Å². The lowest BCUT2D eigenvalue weighted by molar-refractivity contribution is 0.0932. The molecule has 0 aliphatic heterocycles. The number of benzene rings is 4. The molecule has 4 aromatic rings. The molecule has 0 unspecified atom stereocenters. The molecule has 5 nitrogen and oxygen atoms in total. The molecule has 7 heteroatoms. The van der Waals surface area contributed by atoms with Crippen molar-refractivity contribution in [3.8, 4) is 0 Å². The van der Waals surface area contributed by atoms with Gasteiger partial charge in [-0.05, 0) is 84.8 Å². The van der Waals surface area contributed by atoms with E-state index < -0.39 is 10.0 Å². The molecule has 0 spiro atoms. The van der Waals surface area contributed by atoms with Crippen molar-refractivity contribution in [2.75, 3.05) is 4.31 Å². The lowest BCUT2D eigenvalue weighted by atomic mass is 9.87. The number of sulfonamides is 1. The zero-order valence-electron chi connectivity index (χ0n) is 21.1. The molecule has 0 saturated heterocycles. The first-order chi connectivity index (χ1) is 18.3. The van der Waals surface area contributed by atoms with Gasteiger partial charge in [0.25, 0.3) is 15.9 Å². The number of fused-ring (bicyclic) bond motifs is 1. The molecule has 1 amide bonds. The number of halogens is 1. The van der Waals surface area contributed by atoms with E-state index in [1.807, 2.05) is 25.1 Å². The molecule has 38 heavy (non-hydrogen) atoms. The number of nitrogens with zero attached hydrogens (tertiary/aromatic N) is 1. The lowest BCUT2D eigenvalue weighted by Crippen LogP contribution is -2.32. The van der Waals surface area contributed by atoms with Crippen LogP contribution >= 0.6 is 11.6 Å². The quantitative estimate of drug-likeness (QED) is 0.276. The number of carbonyl (C=O) groups is 1. The monoisotopic (exact) mass is 544 g/mol. The Morgan fingerprint density at radius 2 is 1.66 bits per heavy atom. The summed E-state index contributed by atoms with van der Waals surface area (Å²) in [5.74, 6) is -0.141. The van der Waals surface area contributed by atoms with E-state index in [9.17, 15) is 13.2 Å². The van der Waals surface area contributed by atoms with Crippen molar-refractivity contribution < 1.29 is 13.2 Å². The maximum absolute atomic E-state index is 13.7. The number of anilines is 1. The van der Waals surface area contributed by atoms with Crippen LogP contribution in [-0.4, -0.2) is 14.3 Å². The second-order valence-corrected chi connectivity index (χ2v) is 11.9. The molecule has 0 radical (unpaired) electrons. The van der Waals surface area contributed by atoms with Crippen LogP contribution in [0.25, 0.3) is 0 Å². The summed E-state index contributed by atoms with van der Waals surface area (Å²) in [5.41, 5.74) is 5.06. The number of hydrogen-bond acceptors (Lipinski definition) is 3. The van der Waals surface area contributed by atoms with Gasteiger partial charge in [-0.1, -0.05) is 72.3 Å². The molecule has 0 bridgehead atoms. The van der Waals surface area contributed by atoms with Gasteiger partial charge < -0.3 is 5.32 Å². The molecule has 194 valence electrons. The van der Waals surface area contributed by atoms with E-state index in [1.165, 1.54) is 15.4 Å². The summed E-state index contributed by atoms with van der Waals surface area (Å²) in [7, 11) is -3.87. The maximum atomic E-state index is 13.7. The Kier molecular flexibility index (Phi) is 7.54. The fraction of sp³-hybridized carbons (Fsp3) is 0.194. The van der Waals surface area contributed by atoms with Crippen LogP contribution in [-0.2, 0) is 23.0 Å². The van der Waals surface area contributed by atoms with Crippen molar-refractivity contribution in [3.05, 3.63) is 130 Å². The Morgan fingerprint density at radius 3 is 2.42 bits per heavy atom. The van der Waals surface area contributed by atoms with E-state index in [0.717, 1.165) is 30.4 Å². The molecule has 0 fully saturated rings. The average molecular weight is 545 g/mol. The van der Waals surface area contributed by atoms with Crippen LogP contribution in [0.5, 0.6) is 0 Å². The number of aryl methyl sites for hydroxylation is 2. The summed E-state index contributed by atoms with van der Waals surface area (Å²) in [4.78, 5) is 13.3. The van der Waals surface area contributed by atoms with Gasteiger partial charge in [0.2, 0.25) is 0 Å². The third-order valence-corrected chi connectivity index (χ3v) is 9.00. The minimum Gasteiger partial charge on any atom is -0.345 e. The van der Waals surface area contributed by atoms with Crippen molar-refractivity contribution in [2.45, 2.75) is 43.7 Å². The van der Waals surface area contributed by atoms with E-state index in [2.05, 4.69) is 17.4 Å². The van der Waals surface area contributed by atoms with E-state index in [0.29, 0.717) is 16.3 Å². The molecule has 1 aliphatic carbocycles. The summed E-state index contributed by atoms with van der Waals surface area (Å²) >= 11 is 6.26. The maximum Gasteiger partial charge on any atom is 0.264 e. The van der Waals surface area contributed by atoms with Crippen LogP contribution in [0.15, 0.2) is 102 Å². The minimum atomic E-state index is -3.87. The van der Waals surface area contributed by atoms with Crippen LogP contribution in [0.3, 0.4) is 0 Å². The number of amides is 1. The molecule has 1 atom stereocenters. The number of nitrogens with one attached hydrogen (secondary N) is 1. The molecule has 1 aliphatic rings. The van der Waals surface area contributed by atoms with Gasteiger partial charge in [0, 0.05) is 10.6 Å². The Morgan fingerprint density at radius 1 is 0.947 bits per heavy atom. The highest BCUT2D eigenvalue weighted by atomic mass is 35.5. The molecule has 0 aromatic heterocycles. The van der Waals surface area contributed by atoms with E-state index in [4.69, 9.17) is 11.6 Å². The fourth-order valence-electron chi connectivity index (χ4n) is 4.94. The molecular weight excluding hydrogens is 516 g/mol. The lowest BCUT2D eigenvalue weighted by Gasteiger charge is -2.27. The van der Waals surface area contributed by atoms with Gasteiger partial charge in [-0.3, -0.25) is 9.10 Å². The summed E-state index contributed by atoms with van der Waals surface area (Å²) in [5, 5.41) is 3.63. The SMILES string of the molecule is Cc1ccc(Cl)cc1N(Cc1ccc(C(=O)N[C@@H]2CCCc3ccccc32)cc1)S(=O)(=O)c1ccccc1. The van der Waals surface area contributed by atoms with Crippen LogP contribution in [0.2, 0.25) is 5.02 Å². The normalized spacial score (nSPS) is 14.9. The first kappa shape index (κ1) is 26.0. The van der Waals surface area contributed by atoms with Gasteiger partial charge in [-0.2, -0.15) is 0 Å². The van der Waals surface area contributed by atoms with Gasteiger partial charge in [0.05, 0.1) is 23.2 Å². The summed E-state index contributed by atoms with van der Waals surface area (Å²) in [6.45, 7) is 1.95. The predicted molar refractivity (Wildman–Crippen MR) is 152 cm³/mol. The van der Waals surface area contributed by atoms with Gasteiger partial charge in [0.1, 0.15) is 0 Å². The Labute approximate surface area is 229 Å². The Bertz CT molecular complexity index is 1550. The zero-order valence-corrected chi connectivity index (χ0v) is 22.7. The largest absolute Gasteiger partial charge is 0.345 e. The Hall–Kier alpha value is -3.61. The minimum absolute atomic E-state index is 0.00978. The Balaban J connectivity index is 1.39. The zero-order chi connectivity index (χ0) is 26.7. The predicted octanol–water partition coefficient (Wildman–Crippen LogP) is 6.85. The van der Waals surface area contributed by atoms with Gasteiger partial charge in [0.15, 0.2) is 0 Å². The number of carbonyl (C=O) groups excluding carboxylic acids is 1. The summed E-state index contributed by atoms with van der Waals surface area (Å²) < 4.78 is 28.8. The van der Waals surface area contributed by atoms with Gasteiger partial charge >= 0.3 is 0 Å². The first-order valence-electron chi connectivity index (χ1n) is 12.6. The first-order valence-corrected chi connectivity index (χ1v) is 14.5. The van der Waals surface area contributed by atoms with Crippen LogP contribution in [0.4, 0.5) is 5.69 Å². The smallest absolute Gasteiger partial charge is 0.264 e. The third-order valence-electron chi connectivity index (χ3n) is 6.99. The van der Waals surface area contributed by atoms with Crippen LogP contribution < -0.4 is 9.62 Å². The molecule has 1 N–H and O–H groups in total. The molecular formula is C31H29ClN2O3S. The highest BCUT2D eigenvalue weighted by Crippen LogP contribution is 2.32. The molecule has 0 heterocycles. The van der Waals surface area contributed by atoms with Gasteiger partial charge in [-0.25, -0.2) is 8.42 Å². The van der Waals surface area contributed by atoms with E-state index in [-0.39, 0.29) is 23.4 Å². The van der Waals surface area contributed by atoms with Crippen molar-refractivity contribution >= 4 is 33.2 Å². The van der Waals surface area contributed by atoms with Crippen molar-refractivity contribution in [2.24, 2.45) is 0 Å². The van der Waals surface area contributed by atoms with Crippen LogP contribution in [0, 0.1) is 6.92 Å².